The third-order valence-electron chi connectivity index (χ3n) is 4.26. The second-order valence-corrected chi connectivity index (χ2v) is 6.13. The molecule has 0 saturated carbocycles. The maximum absolute atomic E-state index is 11.8. The maximum Gasteiger partial charge on any atom is 0.269 e. The molecule has 0 aliphatic carbocycles. The van der Waals surface area contributed by atoms with E-state index in [1.54, 1.807) is 4.57 Å². The van der Waals surface area contributed by atoms with Gasteiger partial charge >= 0.3 is 0 Å². The molecule has 1 N–H and O–H groups in total. The maximum atomic E-state index is 11.8. The zero-order valence-electron chi connectivity index (χ0n) is 14.9. The smallest absolute Gasteiger partial charge is 0.269 e. The number of hydrogen-bond acceptors (Lipinski definition) is 6. The lowest BCUT2D eigenvalue weighted by atomic mass is 10.3. The molecule has 1 aliphatic rings. The highest BCUT2D eigenvalue weighted by atomic mass is 16.7. The predicted molar refractivity (Wildman–Crippen MR) is 104 cm³/mol. The molecule has 4 aromatic rings. The van der Waals surface area contributed by atoms with E-state index >= 15 is 0 Å². The van der Waals surface area contributed by atoms with Crippen molar-refractivity contribution < 1.29 is 9.47 Å². The van der Waals surface area contributed by atoms with Crippen LogP contribution >= 0.6 is 0 Å². The van der Waals surface area contributed by atoms with Crippen molar-refractivity contribution in [2.24, 2.45) is 0 Å². The Hall–Kier alpha value is -3.36. The monoisotopic (exact) mass is 378 g/mol. The van der Waals surface area contributed by atoms with Gasteiger partial charge in [0.1, 0.15) is 0 Å². The number of H-pyrrole nitrogens is 1. The van der Waals surface area contributed by atoms with Crippen molar-refractivity contribution in [1.82, 2.24) is 19.5 Å². The van der Waals surface area contributed by atoms with Crippen molar-refractivity contribution in [3.8, 4) is 0 Å². The van der Waals surface area contributed by atoms with Crippen molar-refractivity contribution in [2.75, 3.05) is 13.2 Å². The summed E-state index contributed by atoms with van der Waals surface area (Å²) in [5.74, 6) is 0. The number of nitrogens with zero attached hydrogens (tertiary/aromatic N) is 3. The van der Waals surface area contributed by atoms with Gasteiger partial charge in [0.05, 0.1) is 54.2 Å². The van der Waals surface area contributed by atoms with E-state index in [0.717, 1.165) is 22.1 Å². The van der Waals surface area contributed by atoms with E-state index in [1.807, 2.05) is 48.5 Å². The van der Waals surface area contributed by atoms with Gasteiger partial charge in [0.2, 0.25) is 0 Å². The lowest BCUT2D eigenvalue weighted by Crippen LogP contribution is -2.27. The Morgan fingerprint density at radius 2 is 1.61 bits per heavy atom. The van der Waals surface area contributed by atoms with Crippen LogP contribution < -0.4 is 11.1 Å². The predicted octanol–water partition coefficient (Wildman–Crippen LogP) is 1.69. The quantitative estimate of drug-likeness (QED) is 0.570. The standard InChI is InChI=1S/C12H12N2O3.C8H6N2O/c15-11-7-13-9-3-1-2-4-10(9)14(11)8-12-16-5-6-17-12;11-8-5-9-6-3-1-2-4-7(6)10-8/h1-4,7,12H,5-6,8H2;1-5H,(H,10,11). The van der Waals surface area contributed by atoms with Gasteiger partial charge < -0.3 is 19.0 Å². The Balaban J connectivity index is 0.000000151. The fourth-order valence-corrected chi connectivity index (χ4v) is 2.95. The lowest BCUT2D eigenvalue weighted by Gasteiger charge is -2.13. The van der Waals surface area contributed by atoms with Crippen LogP contribution in [0.2, 0.25) is 0 Å². The van der Waals surface area contributed by atoms with E-state index < -0.39 is 0 Å². The zero-order valence-corrected chi connectivity index (χ0v) is 14.9. The molecule has 2 aromatic heterocycles. The molecule has 5 rings (SSSR count). The van der Waals surface area contributed by atoms with Crippen LogP contribution in [-0.2, 0) is 16.0 Å². The van der Waals surface area contributed by atoms with E-state index in [0.29, 0.717) is 19.8 Å². The molecule has 0 spiro atoms. The van der Waals surface area contributed by atoms with Crippen molar-refractivity contribution in [3.63, 3.8) is 0 Å². The summed E-state index contributed by atoms with van der Waals surface area (Å²) in [6, 6.07) is 15.0. The average molecular weight is 378 g/mol. The van der Waals surface area contributed by atoms with E-state index in [9.17, 15) is 9.59 Å². The normalized spacial score (nSPS) is 14.1. The second-order valence-electron chi connectivity index (χ2n) is 6.13. The summed E-state index contributed by atoms with van der Waals surface area (Å²) in [7, 11) is 0. The topological polar surface area (TPSA) is 99.1 Å². The second kappa shape index (κ2) is 8.12. The molecular weight excluding hydrogens is 360 g/mol. The Morgan fingerprint density at radius 3 is 2.43 bits per heavy atom. The number of fused-ring (bicyclic) bond motifs is 2. The highest BCUT2D eigenvalue weighted by molar-refractivity contribution is 5.74. The summed E-state index contributed by atoms with van der Waals surface area (Å²) in [5.41, 5.74) is 2.89. The van der Waals surface area contributed by atoms with Gasteiger partial charge in [0.25, 0.3) is 11.1 Å². The van der Waals surface area contributed by atoms with Gasteiger partial charge in [-0.05, 0) is 24.3 Å². The molecule has 142 valence electrons. The highest BCUT2D eigenvalue weighted by Crippen LogP contribution is 2.11. The number of aromatic nitrogens is 4. The first kappa shape index (κ1) is 18.0. The Labute approximate surface area is 159 Å². The number of benzene rings is 2. The van der Waals surface area contributed by atoms with Gasteiger partial charge in [0, 0.05) is 0 Å². The first-order valence-electron chi connectivity index (χ1n) is 8.82. The largest absolute Gasteiger partial charge is 0.348 e. The van der Waals surface area contributed by atoms with Crippen LogP contribution in [0, 0.1) is 0 Å². The van der Waals surface area contributed by atoms with Crippen molar-refractivity contribution in [3.05, 3.63) is 81.6 Å². The molecule has 0 radical (unpaired) electrons. The fourth-order valence-electron chi connectivity index (χ4n) is 2.95. The minimum atomic E-state index is -0.335. The minimum absolute atomic E-state index is 0.136. The number of hydrogen-bond donors (Lipinski definition) is 1. The van der Waals surface area contributed by atoms with Crippen molar-refractivity contribution in [1.29, 1.82) is 0 Å². The fraction of sp³-hybridized carbons (Fsp3) is 0.200. The molecule has 1 saturated heterocycles. The molecule has 28 heavy (non-hydrogen) atoms. The molecule has 1 aliphatic heterocycles. The van der Waals surface area contributed by atoms with Crippen LogP contribution in [0.15, 0.2) is 70.5 Å². The Morgan fingerprint density at radius 1 is 0.929 bits per heavy atom. The number of rotatable bonds is 2. The van der Waals surface area contributed by atoms with Crippen molar-refractivity contribution >= 4 is 22.1 Å². The average Bonchev–Trinajstić information content (AvgIpc) is 3.24. The summed E-state index contributed by atoms with van der Waals surface area (Å²) < 4.78 is 12.4. The van der Waals surface area contributed by atoms with E-state index in [1.165, 1.54) is 12.4 Å². The molecule has 3 heterocycles. The van der Waals surface area contributed by atoms with Crippen LogP contribution in [-0.4, -0.2) is 39.0 Å². The first-order valence-corrected chi connectivity index (χ1v) is 8.82. The summed E-state index contributed by atoms with van der Waals surface area (Å²) in [6.07, 6.45) is 2.28. The molecule has 0 bridgehead atoms. The lowest BCUT2D eigenvalue weighted by molar-refractivity contribution is -0.0523. The molecule has 0 amide bonds. The summed E-state index contributed by atoms with van der Waals surface area (Å²) in [4.78, 5) is 33.3. The van der Waals surface area contributed by atoms with Gasteiger partial charge in [-0.2, -0.15) is 0 Å². The van der Waals surface area contributed by atoms with Crippen LogP contribution in [0.25, 0.3) is 22.1 Å². The molecule has 0 unspecified atom stereocenters. The number of ether oxygens (including phenoxy) is 2. The highest BCUT2D eigenvalue weighted by Gasteiger charge is 2.18. The molecule has 1 fully saturated rings. The number of aromatic amines is 1. The summed E-state index contributed by atoms with van der Waals surface area (Å²) in [6.45, 7) is 1.58. The Bertz CT molecular complexity index is 1210. The SMILES string of the molecule is O=c1cnc2ccccc2[nH]1.O=c1cnc2ccccc2n1CC1OCCO1. The van der Waals surface area contributed by atoms with Crippen LogP contribution in [0.1, 0.15) is 0 Å². The molecule has 8 nitrogen and oxygen atoms in total. The van der Waals surface area contributed by atoms with Gasteiger partial charge in [-0.25, -0.2) is 9.97 Å². The van der Waals surface area contributed by atoms with Gasteiger partial charge in [0.15, 0.2) is 6.29 Å². The van der Waals surface area contributed by atoms with Gasteiger partial charge in [-0.1, -0.05) is 24.3 Å². The Kier molecular flexibility index (Phi) is 5.22. The van der Waals surface area contributed by atoms with Crippen LogP contribution in [0.4, 0.5) is 0 Å². The molecule has 2 aromatic carbocycles. The zero-order chi connectivity index (χ0) is 19.3. The van der Waals surface area contributed by atoms with Gasteiger partial charge in [-0.15, -0.1) is 0 Å². The summed E-state index contributed by atoms with van der Waals surface area (Å²) in [5, 5.41) is 0. The van der Waals surface area contributed by atoms with E-state index in [2.05, 4.69) is 15.0 Å². The molecule has 0 atom stereocenters. The molecular formula is C20H18N4O4. The first-order chi connectivity index (χ1) is 13.7. The van der Waals surface area contributed by atoms with E-state index in [-0.39, 0.29) is 17.4 Å². The van der Waals surface area contributed by atoms with Gasteiger partial charge in [-0.3, -0.25) is 9.59 Å². The number of nitrogens with one attached hydrogen (secondary N) is 1. The van der Waals surface area contributed by atoms with E-state index in [4.69, 9.17) is 9.47 Å². The minimum Gasteiger partial charge on any atom is -0.348 e. The van der Waals surface area contributed by atoms with Crippen LogP contribution in [0.5, 0.6) is 0 Å². The third kappa shape index (κ3) is 3.98. The summed E-state index contributed by atoms with van der Waals surface area (Å²) >= 11 is 0. The van der Waals surface area contributed by atoms with Crippen molar-refractivity contribution in [2.45, 2.75) is 12.8 Å². The molecule has 8 heteroatoms. The number of para-hydroxylation sites is 4. The third-order valence-corrected chi connectivity index (χ3v) is 4.26. The van der Waals surface area contributed by atoms with Crippen LogP contribution in [0.3, 0.4) is 0 Å².